The molecule has 104 valence electrons. The van der Waals surface area contributed by atoms with Gasteiger partial charge >= 0.3 is 0 Å². The summed E-state index contributed by atoms with van der Waals surface area (Å²) in [6.45, 7) is 0. The van der Waals surface area contributed by atoms with Crippen LogP contribution in [-0.4, -0.2) is 29.2 Å². The van der Waals surface area contributed by atoms with Crippen molar-refractivity contribution in [1.82, 2.24) is 4.90 Å². The number of aliphatic hydroxyl groups excluding tert-OH is 1. The van der Waals surface area contributed by atoms with E-state index in [1.165, 1.54) is 4.88 Å². The number of aliphatic hydroxyl groups is 1. The smallest absolute Gasteiger partial charge is 0.194 e. The molecule has 0 saturated heterocycles. The lowest BCUT2D eigenvalue weighted by Crippen LogP contribution is -2.45. The molecular weight excluding hydrogens is 270 g/mol. The first-order chi connectivity index (χ1) is 9.63. The Morgan fingerprint density at radius 2 is 2.05 bits per heavy atom. The van der Waals surface area contributed by atoms with Crippen molar-refractivity contribution in [2.24, 2.45) is 10.7 Å². The first-order valence-electron chi connectivity index (χ1n) is 6.47. The van der Waals surface area contributed by atoms with Crippen LogP contribution in [0.5, 0.6) is 0 Å². The van der Waals surface area contributed by atoms with Crippen molar-refractivity contribution in [3.8, 4) is 0 Å². The molecule has 4 nitrogen and oxygen atoms in total. The predicted octanol–water partition coefficient (Wildman–Crippen LogP) is 1.76. The molecule has 1 aromatic heterocycles. The SMILES string of the molecule is CN1C(N)=NC(Cc2cccs2)(c2ccccc2)C1O. The van der Waals surface area contributed by atoms with E-state index < -0.39 is 11.8 Å². The summed E-state index contributed by atoms with van der Waals surface area (Å²) in [7, 11) is 1.77. The normalized spacial score (nSPS) is 25.8. The van der Waals surface area contributed by atoms with Crippen LogP contribution in [0.15, 0.2) is 52.8 Å². The molecule has 1 aromatic carbocycles. The first kappa shape index (κ1) is 13.1. The van der Waals surface area contributed by atoms with Crippen molar-refractivity contribution in [3.63, 3.8) is 0 Å². The number of hydrogen-bond acceptors (Lipinski definition) is 5. The van der Waals surface area contributed by atoms with Gasteiger partial charge in [0.2, 0.25) is 0 Å². The summed E-state index contributed by atoms with van der Waals surface area (Å²) >= 11 is 1.67. The van der Waals surface area contributed by atoms with E-state index in [0.29, 0.717) is 12.4 Å². The zero-order valence-corrected chi connectivity index (χ0v) is 12.0. The van der Waals surface area contributed by atoms with Gasteiger partial charge in [0.05, 0.1) is 0 Å². The Bertz CT molecular complexity index is 611. The average Bonchev–Trinajstić information content (AvgIpc) is 3.05. The van der Waals surface area contributed by atoms with Crippen LogP contribution in [-0.2, 0) is 12.0 Å². The monoisotopic (exact) mass is 287 g/mol. The number of guanidine groups is 1. The second kappa shape index (κ2) is 4.92. The lowest BCUT2D eigenvalue weighted by molar-refractivity contribution is 0.0149. The van der Waals surface area contributed by atoms with E-state index in [1.54, 1.807) is 23.3 Å². The third-order valence-electron chi connectivity index (χ3n) is 3.77. The molecule has 20 heavy (non-hydrogen) atoms. The highest BCUT2D eigenvalue weighted by Crippen LogP contribution is 2.39. The summed E-state index contributed by atoms with van der Waals surface area (Å²) in [4.78, 5) is 7.41. The summed E-state index contributed by atoms with van der Waals surface area (Å²) < 4.78 is 0. The van der Waals surface area contributed by atoms with Crippen LogP contribution < -0.4 is 5.73 Å². The molecule has 0 amide bonds. The maximum atomic E-state index is 10.7. The molecule has 3 N–H and O–H groups in total. The standard InChI is InChI=1S/C15H17N3OS/c1-18-13(19)15(17-14(18)16,10-12-8-5-9-20-12)11-6-3-2-4-7-11/h2-9,13,19H,10H2,1H3,(H2,16,17). The summed E-state index contributed by atoms with van der Waals surface area (Å²) in [5.41, 5.74) is 6.18. The number of hydrogen-bond donors (Lipinski definition) is 2. The van der Waals surface area contributed by atoms with Gasteiger partial charge in [0, 0.05) is 18.3 Å². The molecule has 0 radical (unpaired) electrons. The van der Waals surface area contributed by atoms with Gasteiger partial charge in [-0.2, -0.15) is 0 Å². The molecule has 0 aliphatic carbocycles. The van der Waals surface area contributed by atoms with Gasteiger partial charge in [-0.05, 0) is 17.0 Å². The summed E-state index contributed by atoms with van der Waals surface area (Å²) in [5.74, 6) is 0.373. The van der Waals surface area contributed by atoms with Gasteiger partial charge in [0.15, 0.2) is 12.2 Å². The topological polar surface area (TPSA) is 61.8 Å². The van der Waals surface area contributed by atoms with Crippen LogP contribution in [0.25, 0.3) is 0 Å². The minimum Gasteiger partial charge on any atom is -0.371 e. The van der Waals surface area contributed by atoms with Crippen molar-refractivity contribution in [1.29, 1.82) is 0 Å². The summed E-state index contributed by atoms with van der Waals surface area (Å²) in [6, 6.07) is 13.9. The fraction of sp³-hybridized carbons (Fsp3) is 0.267. The molecule has 0 saturated carbocycles. The van der Waals surface area contributed by atoms with Crippen molar-refractivity contribution >= 4 is 17.3 Å². The van der Waals surface area contributed by atoms with E-state index in [1.807, 2.05) is 41.8 Å². The van der Waals surface area contributed by atoms with Gasteiger partial charge in [0.25, 0.3) is 0 Å². The highest BCUT2D eigenvalue weighted by atomic mass is 32.1. The van der Waals surface area contributed by atoms with Crippen LogP contribution in [0.2, 0.25) is 0 Å². The Hall–Kier alpha value is -1.85. The second-order valence-corrected chi connectivity index (χ2v) is 6.03. The Balaban J connectivity index is 2.09. The number of thiophene rings is 1. The quantitative estimate of drug-likeness (QED) is 0.904. The number of benzene rings is 1. The van der Waals surface area contributed by atoms with E-state index in [2.05, 4.69) is 11.1 Å². The van der Waals surface area contributed by atoms with Gasteiger partial charge in [-0.3, -0.25) is 0 Å². The molecule has 3 rings (SSSR count). The van der Waals surface area contributed by atoms with Crippen molar-refractivity contribution in [3.05, 3.63) is 58.3 Å². The van der Waals surface area contributed by atoms with Crippen molar-refractivity contribution in [2.75, 3.05) is 7.05 Å². The Morgan fingerprint density at radius 3 is 2.60 bits per heavy atom. The average molecular weight is 287 g/mol. The van der Waals surface area contributed by atoms with E-state index in [9.17, 15) is 5.11 Å². The lowest BCUT2D eigenvalue weighted by Gasteiger charge is -2.32. The van der Waals surface area contributed by atoms with E-state index in [4.69, 9.17) is 5.73 Å². The van der Waals surface area contributed by atoms with Crippen molar-refractivity contribution in [2.45, 2.75) is 18.2 Å². The minimum atomic E-state index is -0.757. The van der Waals surface area contributed by atoms with Gasteiger partial charge < -0.3 is 15.7 Å². The van der Waals surface area contributed by atoms with Gasteiger partial charge in [-0.25, -0.2) is 4.99 Å². The number of aliphatic imine (C=N–C) groups is 1. The van der Waals surface area contributed by atoms with Crippen LogP contribution in [0.4, 0.5) is 0 Å². The minimum absolute atomic E-state index is 0.373. The zero-order valence-electron chi connectivity index (χ0n) is 11.2. The first-order valence-corrected chi connectivity index (χ1v) is 7.35. The Kier molecular flexibility index (Phi) is 3.23. The number of nitrogens with two attached hydrogens (primary N) is 1. The van der Waals surface area contributed by atoms with E-state index in [0.717, 1.165) is 5.56 Å². The number of rotatable bonds is 3. The van der Waals surface area contributed by atoms with Crippen molar-refractivity contribution < 1.29 is 5.11 Å². The fourth-order valence-electron chi connectivity index (χ4n) is 2.64. The molecule has 5 heteroatoms. The summed E-state index contributed by atoms with van der Waals surface area (Å²) in [5, 5.41) is 12.7. The van der Waals surface area contributed by atoms with Gasteiger partial charge in [0.1, 0.15) is 5.54 Å². The van der Waals surface area contributed by atoms with Gasteiger partial charge in [-0.15, -0.1) is 11.3 Å². The number of likely N-dealkylation sites (N-methyl/N-ethyl adjacent to an activating group) is 1. The van der Waals surface area contributed by atoms with Crippen LogP contribution in [0, 0.1) is 0 Å². The highest BCUT2D eigenvalue weighted by Gasteiger charge is 2.47. The molecule has 1 aliphatic rings. The third-order valence-corrected chi connectivity index (χ3v) is 4.64. The Morgan fingerprint density at radius 1 is 1.30 bits per heavy atom. The molecular formula is C15H17N3OS. The fourth-order valence-corrected chi connectivity index (χ4v) is 3.43. The van der Waals surface area contributed by atoms with Gasteiger partial charge in [-0.1, -0.05) is 36.4 Å². The molecule has 2 aromatic rings. The maximum absolute atomic E-state index is 10.7. The molecule has 0 bridgehead atoms. The predicted molar refractivity (Wildman–Crippen MR) is 81.5 cm³/mol. The highest BCUT2D eigenvalue weighted by molar-refractivity contribution is 7.09. The third kappa shape index (κ3) is 1.99. The van der Waals surface area contributed by atoms with Crippen LogP contribution in [0.3, 0.4) is 0 Å². The van der Waals surface area contributed by atoms with Crippen LogP contribution >= 0.6 is 11.3 Å². The lowest BCUT2D eigenvalue weighted by atomic mass is 9.85. The molecule has 2 atom stereocenters. The zero-order chi connectivity index (χ0) is 14.2. The van der Waals surface area contributed by atoms with E-state index >= 15 is 0 Å². The largest absolute Gasteiger partial charge is 0.371 e. The molecule has 0 fully saturated rings. The second-order valence-electron chi connectivity index (χ2n) is 5.00. The Labute approximate surface area is 122 Å². The summed E-state index contributed by atoms with van der Waals surface area (Å²) in [6.07, 6.45) is -0.118. The number of nitrogens with zero attached hydrogens (tertiary/aromatic N) is 2. The molecule has 1 aliphatic heterocycles. The molecule has 2 unspecified atom stereocenters. The molecule has 2 heterocycles. The van der Waals surface area contributed by atoms with Crippen LogP contribution in [0.1, 0.15) is 10.4 Å². The maximum Gasteiger partial charge on any atom is 0.194 e. The molecule has 0 spiro atoms. The van der Waals surface area contributed by atoms with E-state index in [-0.39, 0.29) is 0 Å².